The first-order chi connectivity index (χ1) is 17.8. The van der Waals surface area contributed by atoms with Gasteiger partial charge in [0, 0.05) is 29.2 Å². The second-order valence-corrected chi connectivity index (χ2v) is 10.4. The van der Waals surface area contributed by atoms with Gasteiger partial charge in [0.2, 0.25) is 10.0 Å². The lowest BCUT2D eigenvalue weighted by atomic mass is 10.0. The molecule has 0 aliphatic carbocycles. The normalized spacial score (nSPS) is 11.4. The number of nitro benzene ring substituents is 1. The van der Waals surface area contributed by atoms with Crippen LogP contribution in [-0.4, -0.2) is 36.2 Å². The number of non-ortho nitro benzene ring substituents is 1. The van der Waals surface area contributed by atoms with E-state index in [9.17, 15) is 23.3 Å². The molecule has 0 saturated carbocycles. The summed E-state index contributed by atoms with van der Waals surface area (Å²) in [6.45, 7) is 2.06. The Kier molecular flexibility index (Phi) is 7.88. The van der Waals surface area contributed by atoms with Crippen molar-refractivity contribution in [1.29, 1.82) is 0 Å². The van der Waals surface area contributed by atoms with Gasteiger partial charge >= 0.3 is 5.97 Å². The number of nitrogens with zero attached hydrogens (tertiary/aromatic N) is 2. The number of esters is 1. The molecule has 0 atom stereocenters. The van der Waals surface area contributed by atoms with Gasteiger partial charge in [0.15, 0.2) is 0 Å². The van der Waals surface area contributed by atoms with E-state index in [1.54, 1.807) is 17.7 Å². The Morgan fingerprint density at radius 3 is 2.49 bits per heavy atom. The molecular formula is C27H27N3O6S. The zero-order valence-electron chi connectivity index (χ0n) is 20.3. The Morgan fingerprint density at radius 2 is 1.76 bits per heavy atom. The lowest BCUT2D eigenvalue weighted by molar-refractivity contribution is -0.384. The number of hydrogen-bond acceptors (Lipinski definition) is 6. The average molecular weight is 522 g/mol. The number of benzene rings is 3. The summed E-state index contributed by atoms with van der Waals surface area (Å²) >= 11 is 0. The summed E-state index contributed by atoms with van der Waals surface area (Å²) in [5.74, 6) is -0.574. The summed E-state index contributed by atoms with van der Waals surface area (Å²) in [5.41, 5.74) is 3.21. The van der Waals surface area contributed by atoms with E-state index in [2.05, 4.69) is 4.72 Å². The highest BCUT2D eigenvalue weighted by Crippen LogP contribution is 2.27. The average Bonchev–Trinajstić information content (AvgIpc) is 3.22. The molecule has 0 amide bonds. The number of aromatic nitrogens is 1. The van der Waals surface area contributed by atoms with Crippen LogP contribution >= 0.6 is 0 Å². The van der Waals surface area contributed by atoms with Crippen LogP contribution in [0.15, 0.2) is 79.0 Å². The molecule has 1 heterocycles. The molecule has 0 fully saturated rings. The summed E-state index contributed by atoms with van der Waals surface area (Å²) in [7, 11) is -3.79. The Morgan fingerprint density at radius 1 is 1.03 bits per heavy atom. The van der Waals surface area contributed by atoms with Crippen LogP contribution in [0.3, 0.4) is 0 Å². The number of rotatable bonds is 11. The van der Waals surface area contributed by atoms with E-state index < -0.39 is 14.9 Å². The minimum atomic E-state index is -3.79. The number of para-hydroxylation sites is 1. The van der Waals surface area contributed by atoms with Gasteiger partial charge in [-0.05, 0) is 48.6 Å². The maximum Gasteiger partial charge on any atom is 0.325 e. The number of carbonyl (C=O) groups excluding carboxylic acids is 1. The van der Waals surface area contributed by atoms with Crippen LogP contribution in [-0.2, 0) is 38.9 Å². The maximum atomic E-state index is 13.1. The van der Waals surface area contributed by atoms with Gasteiger partial charge in [-0.3, -0.25) is 19.6 Å². The summed E-state index contributed by atoms with van der Waals surface area (Å²) in [4.78, 5) is 22.8. The minimum Gasteiger partial charge on any atom is -0.465 e. The van der Waals surface area contributed by atoms with E-state index in [1.165, 1.54) is 18.2 Å². The number of anilines is 1. The number of ether oxygens (including phenoxy) is 1. The second kappa shape index (κ2) is 11.3. The number of aryl methyl sites for hydroxylation is 1. The molecule has 3 aromatic carbocycles. The third-order valence-corrected chi connectivity index (χ3v) is 7.19. The third kappa shape index (κ3) is 6.53. The molecule has 192 valence electrons. The number of nitro groups is 1. The molecule has 0 aliphatic rings. The van der Waals surface area contributed by atoms with Gasteiger partial charge < -0.3 is 9.30 Å². The molecule has 1 N–H and O–H groups in total. The summed E-state index contributed by atoms with van der Waals surface area (Å²) in [5, 5.41) is 12.2. The van der Waals surface area contributed by atoms with Crippen LogP contribution in [0, 0.1) is 10.1 Å². The minimum absolute atomic E-state index is 0.0327. The van der Waals surface area contributed by atoms with Crippen molar-refractivity contribution in [1.82, 2.24) is 4.57 Å². The van der Waals surface area contributed by atoms with Crippen molar-refractivity contribution in [2.75, 3.05) is 17.1 Å². The quantitative estimate of drug-likeness (QED) is 0.174. The third-order valence-electron chi connectivity index (χ3n) is 5.92. The predicted molar refractivity (Wildman–Crippen MR) is 142 cm³/mol. The molecule has 0 bridgehead atoms. The van der Waals surface area contributed by atoms with Crippen molar-refractivity contribution in [3.05, 3.63) is 106 Å². The number of hydrogen-bond donors (Lipinski definition) is 1. The Labute approximate surface area is 214 Å². The molecule has 0 saturated heterocycles. The van der Waals surface area contributed by atoms with Gasteiger partial charge in [-0.1, -0.05) is 48.5 Å². The van der Waals surface area contributed by atoms with Gasteiger partial charge in [-0.25, -0.2) is 8.42 Å². The van der Waals surface area contributed by atoms with E-state index >= 15 is 0 Å². The molecule has 4 rings (SSSR count). The summed E-state index contributed by atoms with van der Waals surface area (Å²) in [6.07, 6.45) is 2.33. The lowest BCUT2D eigenvalue weighted by Gasteiger charge is -2.13. The van der Waals surface area contributed by atoms with Crippen LogP contribution in [0.1, 0.15) is 23.6 Å². The van der Waals surface area contributed by atoms with Gasteiger partial charge in [0.25, 0.3) is 5.69 Å². The molecule has 1 aromatic heterocycles. The van der Waals surface area contributed by atoms with Crippen molar-refractivity contribution in [3.8, 4) is 0 Å². The van der Waals surface area contributed by atoms with Crippen molar-refractivity contribution in [2.45, 2.75) is 26.3 Å². The van der Waals surface area contributed by atoms with Crippen molar-refractivity contribution < 1.29 is 22.9 Å². The highest BCUT2D eigenvalue weighted by atomic mass is 32.2. The van der Waals surface area contributed by atoms with Crippen molar-refractivity contribution in [2.24, 2.45) is 0 Å². The Balaban J connectivity index is 1.55. The first-order valence-corrected chi connectivity index (χ1v) is 13.4. The van der Waals surface area contributed by atoms with Crippen LogP contribution in [0.2, 0.25) is 0 Å². The number of sulfonamides is 1. The van der Waals surface area contributed by atoms with Gasteiger partial charge in [0.1, 0.15) is 6.54 Å². The van der Waals surface area contributed by atoms with E-state index in [0.717, 1.165) is 22.0 Å². The first kappa shape index (κ1) is 25.9. The van der Waals surface area contributed by atoms with Gasteiger partial charge in [0.05, 0.1) is 23.0 Å². The fourth-order valence-corrected chi connectivity index (χ4v) is 5.34. The summed E-state index contributed by atoms with van der Waals surface area (Å²) in [6, 6.07) is 20.9. The van der Waals surface area contributed by atoms with Crippen LogP contribution in [0.4, 0.5) is 11.4 Å². The highest BCUT2D eigenvalue weighted by Gasteiger charge is 2.19. The van der Waals surface area contributed by atoms with E-state index in [-0.39, 0.29) is 37.0 Å². The topological polar surface area (TPSA) is 121 Å². The van der Waals surface area contributed by atoms with Gasteiger partial charge in [-0.15, -0.1) is 0 Å². The van der Waals surface area contributed by atoms with Crippen molar-refractivity contribution >= 4 is 38.3 Å². The van der Waals surface area contributed by atoms with Crippen LogP contribution < -0.4 is 4.72 Å². The highest BCUT2D eigenvalue weighted by molar-refractivity contribution is 7.92. The SMILES string of the molecule is CCOC(=O)Cn1cc(CCS(=O)(=O)Nc2ccc([N+](=O)[O-])cc2Cc2ccccc2)c2ccccc21. The van der Waals surface area contributed by atoms with Gasteiger partial charge in [-0.2, -0.15) is 0 Å². The fraction of sp³-hybridized carbons (Fsp3) is 0.222. The largest absolute Gasteiger partial charge is 0.465 e. The monoisotopic (exact) mass is 521 g/mol. The predicted octanol–water partition coefficient (Wildman–Crippen LogP) is 4.69. The standard InChI is InChI=1S/C27H27N3O6S/c1-2-36-27(31)19-29-18-21(24-10-6-7-11-26(24)29)14-15-37(34,35)28-25-13-12-23(30(32)33)17-22(25)16-20-8-4-3-5-9-20/h3-13,17-18,28H,2,14-16,19H2,1H3. The molecule has 0 aliphatic heterocycles. The molecule has 9 nitrogen and oxygen atoms in total. The lowest BCUT2D eigenvalue weighted by Crippen LogP contribution is -2.19. The van der Waals surface area contributed by atoms with Crippen LogP contribution in [0.5, 0.6) is 0 Å². The zero-order chi connectivity index (χ0) is 26.4. The van der Waals surface area contributed by atoms with Crippen molar-refractivity contribution in [3.63, 3.8) is 0 Å². The first-order valence-electron chi connectivity index (χ1n) is 11.8. The molecule has 37 heavy (non-hydrogen) atoms. The Bertz CT molecular complexity index is 1530. The van der Waals surface area contributed by atoms with E-state index in [0.29, 0.717) is 17.7 Å². The Hall–Kier alpha value is -4.18. The molecule has 10 heteroatoms. The zero-order valence-corrected chi connectivity index (χ0v) is 21.1. The molecule has 0 unspecified atom stereocenters. The van der Waals surface area contributed by atoms with E-state index in [4.69, 9.17) is 4.74 Å². The number of fused-ring (bicyclic) bond motifs is 1. The number of nitrogens with one attached hydrogen (secondary N) is 1. The smallest absolute Gasteiger partial charge is 0.325 e. The van der Waals surface area contributed by atoms with Crippen LogP contribution in [0.25, 0.3) is 10.9 Å². The summed E-state index contributed by atoms with van der Waals surface area (Å²) < 4.78 is 35.6. The number of carbonyl (C=O) groups is 1. The fourth-order valence-electron chi connectivity index (χ4n) is 4.22. The molecule has 0 radical (unpaired) electrons. The molecular weight excluding hydrogens is 494 g/mol. The second-order valence-electron chi connectivity index (χ2n) is 8.54. The molecule has 4 aromatic rings. The van der Waals surface area contributed by atoms with E-state index in [1.807, 2.05) is 54.6 Å². The maximum absolute atomic E-state index is 13.1. The molecule has 0 spiro atoms.